The van der Waals surface area contributed by atoms with Crippen molar-refractivity contribution >= 4 is 45.5 Å². The number of barbiturate groups is 1. The van der Waals surface area contributed by atoms with Crippen molar-refractivity contribution < 1.29 is 33.3 Å². The van der Waals surface area contributed by atoms with Gasteiger partial charge in [0, 0.05) is 0 Å². The number of imide groups is 2. The average Bonchev–Trinajstić information content (AvgIpc) is 2.94. The van der Waals surface area contributed by atoms with E-state index >= 15 is 0 Å². The van der Waals surface area contributed by atoms with E-state index in [0.717, 1.165) is 10.6 Å². The lowest BCUT2D eigenvalue weighted by Gasteiger charge is -2.26. The largest absolute Gasteiger partial charge is 0.497 e. The molecule has 0 bridgehead atoms. The Labute approximate surface area is 247 Å². The summed E-state index contributed by atoms with van der Waals surface area (Å²) in [5.74, 6) is 0.571. The van der Waals surface area contributed by atoms with Crippen molar-refractivity contribution in [2.75, 3.05) is 32.3 Å². The van der Waals surface area contributed by atoms with Gasteiger partial charge in [-0.15, -0.1) is 0 Å². The molecule has 41 heavy (non-hydrogen) atoms. The highest BCUT2D eigenvalue weighted by Crippen LogP contribution is 2.37. The maximum atomic E-state index is 13.2. The second-order valence-corrected chi connectivity index (χ2v) is 11.0. The smallest absolute Gasteiger partial charge is 0.335 e. The molecule has 0 unspecified atom stereocenters. The van der Waals surface area contributed by atoms with Crippen LogP contribution in [0.15, 0.2) is 70.7 Å². The molecule has 0 spiro atoms. The summed E-state index contributed by atoms with van der Waals surface area (Å²) in [4.78, 5) is 39.2. The third-order valence-electron chi connectivity index (χ3n) is 6.31. The number of amides is 4. The summed E-state index contributed by atoms with van der Waals surface area (Å²) in [5.41, 5.74) is 1.85. The molecule has 0 radical (unpaired) electrons. The van der Waals surface area contributed by atoms with Crippen molar-refractivity contribution in [3.8, 4) is 23.0 Å². The molecule has 10 heteroatoms. The molecule has 0 atom stereocenters. The Hall–Kier alpha value is -4.31. The molecule has 0 saturated carbocycles. The van der Waals surface area contributed by atoms with Gasteiger partial charge in [-0.2, -0.15) is 0 Å². The van der Waals surface area contributed by atoms with Crippen LogP contribution in [0.1, 0.15) is 31.9 Å². The number of methoxy groups -OCH3 is 2. The Kier molecular flexibility index (Phi) is 9.02. The van der Waals surface area contributed by atoms with Crippen molar-refractivity contribution in [1.29, 1.82) is 0 Å². The highest BCUT2D eigenvalue weighted by atomic mass is 79.9. The summed E-state index contributed by atoms with van der Waals surface area (Å²) in [6, 6.07) is 16.8. The maximum Gasteiger partial charge on any atom is 0.335 e. The number of carbonyl (C=O) groups is 3. The fourth-order valence-electron chi connectivity index (χ4n) is 4.11. The van der Waals surface area contributed by atoms with Gasteiger partial charge in [-0.25, -0.2) is 9.69 Å². The first-order valence-corrected chi connectivity index (χ1v) is 13.6. The lowest BCUT2D eigenvalue weighted by Crippen LogP contribution is -2.54. The summed E-state index contributed by atoms with van der Waals surface area (Å²) in [7, 11) is 3.00. The highest BCUT2D eigenvalue weighted by molar-refractivity contribution is 9.10. The molecule has 3 aromatic carbocycles. The van der Waals surface area contributed by atoms with Gasteiger partial charge in [0.2, 0.25) is 0 Å². The third-order valence-corrected chi connectivity index (χ3v) is 6.90. The molecule has 4 amide bonds. The number of halogens is 1. The SMILES string of the molecule is COc1ccc(N2C(=O)NC(=O)/C(=C/c3cc(Br)c(OCCOc4ccc(C(C)(C)C)cc4)c(OC)c3)C2=O)cc1. The molecule has 1 fully saturated rings. The van der Waals surface area contributed by atoms with E-state index in [2.05, 4.69) is 42.0 Å². The number of ether oxygens (including phenoxy) is 4. The minimum absolute atomic E-state index is 0.0635. The monoisotopic (exact) mass is 622 g/mol. The average molecular weight is 624 g/mol. The van der Waals surface area contributed by atoms with E-state index in [1.165, 1.54) is 25.9 Å². The maximum absolute atomic E-state index is 13.2. The minimum atomic E-state index is -0.836. The van der Waals surface area contributed by atoms with Gasteiger partial charge in [-0.1, -0.05) is 32.9 Å². The Bertz CT molecular complexity index is 1480. The van der Waals surface area contributed by atoms with Gasteiger partial charge in [0.05, 0.1) is 24.4 Å². The summed E-state index contributed by atoms with van der Waals surface area (Å²) in [6.45, 7) is 7.02. The van der Waals surface area contributed by atoms with Crippen molar-refractivity contribution in [1.82, 2.24) is 5.32 Å². The normalized spacial score (nSPS) is 14.6. The van der Waals surface area contributed by atoms with Crippen LogP contribution in [0.25, 0.3) is 6.08 Å². The van der Waals surface area contributed by atoms with Crippen LogP contribution < -0.4 is 29.2 Å². The van der Waals surface area contributed by atoms with Crippen LogP contribution in [0.2, 0.25) is 0 Å². The number of anilines is 1. The number of benzene rings is 3. The Balaban J connectivity index is 1.47. The van der Waals surface area contributed by atoms with Crippen LogP contribution >= 0.6 is 15.9 Å². The topological polar surface area (TPSA) is 103 Å². The standard InChI is InChI=1S/C31H31BrN2O7/c1-31(2,3)20-6-10-23(11-7-20)40-14-15-41-27-25(32)17-19(18-26(27)39-5)16-24-28(35)33-30(37)34(29(24)36)21-8-12-22(38-4)13-9-21/h6-13,16-18H,14-15H2,1-5H3,(H,33,35,37)/b24-16-. The van der Waals surface area contributed by atoms with Crippen molar-refractivity contribution in [2.45, 2.75) is 26.2 Å². The van der Waals surface area contributed by atoms with Crippen molar-refractivity contribution in [3.63, 3.8) is 0 Å². The van der Waals surface area contributed by atoms with E-state index in [-0.39, 0.29) is 17.6 Å². The van der Waals surface area contributed by atoms with Crippen LogP contribution in [0, 0.1) is 0 Å². The van der Waals surface area contributed by atoms with E-state index in [1.54, 1.807) is 36.4 Å². The molecule has 1 heterocycles. The van der Waals surface area contributed by atoms with E-state index in [9.17, 15) is 14.4 Å². The summed E-state index contributed by atoms with van der Waals surface area (Å²) in [5, 5.41) is 2.22. The number of urea groups is 1. The van der Waals surface area contributed by atoms with Crippen LogP contribution in [0.3, 0.4) is 0 Å². The van der Waals surface area contributed by atoms with Gasteiger partial charge < -0.3 is 18.9 Å². The minimum Gasteiger partial charge on any atom is -0.497 e. The lowest BCUT2D eigenvalue weighted by atomic mass is 9.87. The number of nitrogens with one attached hydrogen (secondary N) is 1. The van der Waals surface area contributed by atoms with Crippen LogP contribution in [0.4, 0.5) is 10.5 Å². The van der Waals surface area contributed by atoms with Gasteiger partial charge in [0.15, 0.2) is 11.5 Å². The molecule has 1 saturated heterocycles. The number of hydrogen-bond donors (Lipinski definition) is 1. The van der Waals surface area contributed by atoms with Crippen LogP contribution in [-0.2, 0) is 15.0 Å². The molecule has 4 rings (SSSR count). The van der Waals surface area contributed by atoms with Gasteiger partial charge >= 0.3 is 6.03 Å². The Morgan fingerprint density at radius 1 is 0.854 bits per heavy atom. The summed E-state index contributed by atoms with van der Waals surface area (Å²) >= 11 is 3.49. The van der Waals surface area contributed by atoms with E-state index < -0.39 is 17.8 Å². The van der Waals surface area contributed by atoms with E-state index in [1.807, 2.05) is 24.3 Å². The van der Waals surface area contributed by atoms with E-state index in [4.69, 9.17) is 18.9 Å². The van der Waals surface area contributed by atoms with Crippen LogP contribution in [0.5, 0.6) is 23.0 Å². The predicted octanol–water partition coefficient (Wildman–Crippen LogP) is 5.89. The first-order valence-electron chi connectivity index (χ1n) is 12.8. The molecule has 9 nitrogen and oxygen atoms in total. The lowest BCUT2D eigenvalue weighted by molar-refractivity contribution is -0.122. The zero-order valence-electron chi connectivity index (χ0n) is 23.4. The predicted molar refractivity (Wildman–Crippen MR) is 159 cm³/mol. The second-order valence-electron chi connectivity index (χ2n) is 10.2. The molecule has 1 N–H and O–H groups in total. The van der Waals surface area contributed by atoms with Crippen molar-refractivity contribution in [3.05, 3.63) is 81.8 Å². The van der Waals surface area contributed by atoms with Crippen molar-refractivity contribution in [2.24, 2.45) is 0 Å². The number of hydrogen-bond acceptors (Lipinski definition) is 7. The first kappa shape index (κ1) is 29.7. The van der Waals surface area contributed by atoms with Gasteiger partial charge in [0.1, 0.15) is 30.3 Å². The Morgan fingerprint density at radius 3 is 2.10 bits per heavy atom. The van der Waals surface area contributed by atoms with Gasteiger partial charge in [-0.3, -0.25) is 14.9 Å². The number of nitrogens with zero attached hydrogens (tertiary/aromatic N) is 1. The Morgan fingerprint density at radius 2 is 1.49 bits per heavy atom. The number of carbonyl (C=O) groups excluding carboxylic acids is 3. The first-order chi connectivity index (χ1) is 19.5. The molecule has 3 aromatic rings. The van der Waals surface area contributed by atoms with Gasteiger partial charge in [0.25, 0.3) is 11.8 Å². The zero-order chi connectivity index (χ0) is 29.7. The quantitative estimate of drug-likeness (QED) is 0.180. The molecular formula is C31H31BrN2O7. The fraction of sp³-hybridized carbons (Fsp3) is 0.258. The van der Waals surface area contributed by atoms with E-state index in [0.29, 0.717) is 39.6 Å². The van der Waals surface area contributed by atoms with Crippen LogP contribution in [-0.4, -0.2) is 45.3 Å². The second kappa shape index (κ2) is 12.5. The summed E-state index contributed by atoms with van der Waals surface area (Å²) in [6.07, 6.45) is 1.39. The highest BCUT2D eigenvalue weighted by Gasteiger charge is 2.37. The fourth-order valence-corrected chi connectivity index (χ4v) is 4.68. The van der Waals surface area contributed by atoms with Gasteiger partial charge in [-0.05, 0) is 87.1 Å². The third kappa shape index (κ3) is 6.89. The molecule has 0 aromatic heterocycles. The number of rotatable bonds is 9. The molecular weight excluding hydrogens is 592 g/mol. The zero-order valence-corrected chi connectivity index (χ0v) is 25.0. The molecule has 1 aliphatic rings. The molecule has 214 valence electrons. The molecule has 1 aliphatic heterocycles. The molecule has 0 aliphatic carbocycles. The summed E-state index contributed by atoms with van der Waals surface area (Å²) < 4.78 is 22.9.